The molecule has 92 valence electrons. The highest BCUT2D eigenvalue weighted by molar-refractivity contribution is 5.90. The van der Waals surface area contributed by atoms with E-state index in [1.807, 2.05) is 54.6 Å². The van der Waals surface area contributed by atoms with Crippen molar-refractivity contribution in [1.29, 1.82) is 0 Å². The first-order valence-electron chi connectivity index (χ1n) is 6.06. The van der Waals surface area contributed by atoms with Gasteiger partial charge in [-0.05, 0) is 28.4 Å². The van der Waals surface area contributed by atoms with E-state index >= 15 is 0 Å². The molecule has 0 spiro atoms. The molecule has 19 heavy (non-hydrogen) atoms. The van der Waals surface area contributed by atoms with Crippen molar-refractivity contribution in [2.45, 2.75) is 0 Å². The van der Waals surface area contributed by atoms with Crippen molar-refractivity contribution in [1.82, 2.24) is 0 Å². The third-order valence-electron chi connectivity index (χ3n) is 2.94. The van der Waals surface area contributed by atoms with Crippen molar-refractivity contribution in [3.05, 3.63) is 78.0 Å². The molecule has 3 nitrogen and oxygen atoms in total. The Kier molecular flexibility index (Phi) is 2.94. The van der Waals surface area contributed by atoms with Crippen LogP contribution in [0.1, 0.15) is 0 Å². The minimum Gasteiger partial charge on any atom is -0.594 e. The Bertz CT molecular complexity index is 731. The number of fused-ring (bicyclic) bond motifs is 1. The van der Waals surface area contributed by atoms with Gasteiger partial charge < -0.3 is 5.21 Å². The predicted molar refractivity (Wildman–Crippen MR) is 75.8 cm³/mol. The van der Waals surface area contributed by atoms with Gasteiger partial charge in [0.25, 0.3) is 5.69 Å². The maximum Gasteiger partial charge on any atom is 0.252 e. The largest absolute Gasteiger partial charge is 0.594 e. The fourth-order valence-electron chi connectivity index (χ4n) is 2.03. The molecule has 0 amide bonds. The first kappa shape index (κ1) is 11.4. The van der Waals surface area contributed by atoms with E-state index in [2.05, 4.69) is 5.11 Å². The van der Waals surface area contributed by atoms with Gasteiger partial charge in [0.2, 0.25) is 0 Å². The number of hydrogen-bond acceptors (Lipinski definition) is 2. The molecule has 3 aromatic rings. The van der Waals surface area contributed by atoms with Crippen LogP contribution in [0.2, 0.25) is 0 Å². The molecule has 0 atom stereocenters. The molecule has 3 aromatic carbocycles. The van der Waals surface area contributed by atoms with Gasteiger partial charge in [0.05, 0.1) is 5.39 Å². The highest BCUT2D eigenvalue weighted by atomic mass is 16.5. The third kappa shape index (κ3) is 2.31. The molecular weight excluding hydrogens is 236 g/mol. The monoisotopic (exact) mass is 248 g/mol. The Balaban J connectivity index is 2.12. The molecule has 0 saturated heterocycles. The predicted octanol–water partition coefficient (Wildman–Crippen LogP) is 4.77. The lowest BCUT2D eigenvalue weighted by Crippen LogP contribution is -1.91. The van der Waals surface area contributed by atoms with Gasteiger partial charge in [-0.3, -0.25) is 0 Å². The normalized spacial score (nSPS) is 11.7. The maximum absolute atomic E-state index is 12.2. The van der Waals surface area contributed by atoms with Crippen molar-refractivity contribution in [3.63, 3.8) is 0 Å². The summed E-state index contributed by atoms with van der Waals surface area (Å²) in [6.07, 6.45) is 0. The summed E-state index contributed by atoms with van der Waals surface area (Å²) < 4.78 is 0. The Labute approximate surface area is 111 Å². The van der Waals surface area contributed by atoms with Gasteiger partial charge in [-0.2, -0.15) is 0 Å². The average Bonchev–Trinajstić information content (AvgIpc) is 2.47. The molecule has 0 unspecified atom stereocenters. The van der Waals surface area contributed by atoms with E-state index in [1.54, 1.807) is 18.2 Å². The van der Waals surface area contributed by atoms with Crippen LogP contribution in [-0.4, -0.2) is 4.86 Å². The zero-order chi connectivity index (χ0) is 13.1. The highest BCUT2D eigenvalue weighted by Gasteiger charge is 2.09. The van der Waals surface area contributed by atoms with E-state index in [0.29, 0.717) is 16.2 Å². The van der Waals surface area contributed by atoms with Gasteiger partial charge in [-0.1, -0.05) is 48.5 Å². The first-order valence-corrected chi connectivity index (χ1v) is 6.06. The number of nitrogens with zero attached hydrogens (tertiary/aromatic N) is 2. The third-order valence-corrected chi connectivity index (χ3v) is 2.94. The Morgan fingerprint density at radius 2 is 1.42 bits per heavy atom. The lowest BCUT2D eigenvalue weighted by atomic mass is 10.1. The average molecular weight is 248 g/mol. The van der Waals surface area contributed by atoms with E-state index in [9.17, 15) is 5.21 Å². The van der Waals surface area contributed by atoms with Crippen LogP contribution in [0.15, 0.2) is 77.9 Å². The molecular formula is C16H12N2O. The van der Waals surface area contributed by atoms with Crippen molar-refractivity contribution >= 4 is 22.1 Å². The Hall–Kier alpha value is -2.68. The van der Waals surface area contributed by atoms with Crippen LogP contribution in [0, 0.1) is 5.21 Å². The highest BCUT2D eigenvalue weighted by Crippen LogP contribution is 2.26. The van der Waals surface area contributed by atoms with Gasteiger partial charge in [0, 0.05) is 11.2 Å². The molecule has 0 radical (unpaired) electrons. The van der Waals surface area contributed by atoms with E-state index in [-0.39, 0.29) is 0 Å². The van der Waals surface area contributed by atoms with Gasteiger partial charge in [0.15, 0.2) is 0 Å². The molecule has 0 saturated carbocycles. The first-order chi connectivity index (χ1) is 9.34. The Morgan fingerprint density at radius 1 is 0.737 bits per heavy atom. The SMILES string of the molecule is [O-][N+](=Nc1ccccc1)c1cccc2ccccc12. The minimum atomic E-state index is 0.557. The van der Waals surface area contributed by atoms with Gasteiger partial charge in [-0.15, -0.1) is 0 Å². The van der Waals surface area contributed by atoms with Crippen molar-refractivity contribution in [2.24, 2.45) is 5.11 Å². The molecule has 0 N–H and O–H groups in total. The van der Waals surface area contributed by atoms with E-state index < -0.39 is 0 Å². The van der Waals surface area contributed by atoms with Crippen molar-refractivity contribution in [2.75, 3.05) is 0 Å². The second kappa shape index (κ2) is 4.90. The second-order valence-electron chi connectivity index (χ2n) is 4.21. The van der Waals surface area contributed by atoms with Crippen molar-refractivity contribution in [3.8, 4) is 0 Å². The fraction of sp³-hybridized carbons (Fsp3) is 0. The summed E-state index contributed by atoms with van der Waals surface area (Å²) in [6.45, 7) is 0. The summed E-state index contributed by atoms with van der Waals surface area (Å²) in [7, 11) is 0. The quantitative estimate of drug-likeness (QED) is 0.366. The summed E-state index contributed by atoms with van der Waals surface area (Å²) in [5.74, 6) is 0. The number of azo groups is 1. The molecule has 0 fully saturated rings. The van der Waals surface area contributed by atoms with Crippen LogP contribution in [0.5, 0.6) is 0 Å². The number of benzene rings is 3. The standard InChI is InChI=1S/C16H12N2O/c19-18(17-14-9-2-1-3-10-14)16-12-6-8-13-7-4-5-11-15(13)16/h1-12H. The zero-order valence-corrected chi connectivity index (χ0v) is 10.2. The van der Waals surface area contributed by atoms with Crippen LogP contribution in [0.25, 0.3) is 10.8 Å². The van der Waals surface area contributed by atoms with Crippen LogP contribution in [0.3, 0.4) is 0 Å². The van der Waals surface area contributed by atoms with Crippen LogP contribution in [0.4, 0.5) is 11.4 Å². The summed E-state index contributed by atoms with van der Waals surface area (Å²) in [5.41, 5.74) is 1.20. The number of rotatable bonds is 2. The van der Waals surface area contributed by atoms with Crippen LogP contribution >= 0.6 is 0 Å². The van der Waals surface area contributed by atoms with Crippen LogP contribution < -0.4 is 0 Å². The van der Waals surface area contributed by atoms with Gasteiger partial charge in [-0.25, -0.2) is 0 Å². The minimum absolute atomic E-state index is 0.557. The van der Waals surface area contributed by atoms with Gasteiger partial charge >= 0.3 is 0 Å². The maximum atomic E-state index is 12.2. The molecule has 3 heteroatoms. The molecule has 0 aromatic heterocycles. The fourth-order valence-corrected chi connectivity index (χ4v) is 2.03. The molecule has 0 aliphatic carbocycles. The topological polar surface area (TPSA) is 38.4 Å². The summed E-state index contributed by atoms with van der Waals surface area (Å²) in [4.78, 5) is 0.678. The van der Waals surface area contributed by atoms with Gasteiger partial charge in [0.1, 0.15) is 5.69 Å². The molecule has 0 aliphatic rings. The summed E-state index contributed by atoms with van der Waals surface area (Å²) >= 11 is 0. The molecule has 3 rings (SSSR count). The van der Waals surface area contributed by atoms with Crippen molar-refractivity contribution < 1.29 is 4.86 Å². The summed E-state index contributed by atoms with van der Waals surface area (Å²) in [6, 6.07) is 22.6. The summed E-state index contributed by atoms with van der Waals surface area (Å²) in [5, 5.41) is 18.2. The molecule has 0 heterocycles. The molecule has 0 bridgehead atoms. The Morgan fingerprint density at radius 3 is 2.26 bits per heavy atom. The lowest BCUT2D eigenvalue weighted by molar-refractivity contribution is -0.433. The second-order valence-corrected chi connectivity index (χ2v) is 4.21. The smallest absolute Gasteiger partial charge is 0.252 e. The molecule has 0 aliphatic heterocycles. The lowest BCUT2D eigenvalue weighted by Gasteiger charge is -2.03. The van der Waals surface area contributed by atoms with Crippen LogP contribution in [-0.2, 0) is 0 Å². The van der Waals surface area contributed by atoms with E-state index in [0.717, 1.165) is 10.8 Å². The van der Waals surface area contributed by atoms with E-state index in [4.69, 9.17) is 0 Å². The van der Waals surface area contributed by atoms with E-state index in [1.165, 1.54) is 0 Å². The zero-order valence-electron chi connectivity index (χ0n) is 10.2. The number of hydrogen-bond donors (Lipinski definition) is 0.